The number of nitrogen functional groups attached to an aromatic ring is 1. The lowest BCUT2D eigenvalue weighted by Crippen LogP contribution is -2.52. The number of nitrogens with two attached hydrogens (primary N) is 1. The Hall–Kier alpha value is -3.81. The van der Waals surface area contributed by atoms with Gasteiger partial charge >= 0.3 is 0 Å². The Morgan fingerprint density at radius 1 is 1.12 bits per heavy atom. The number of morpholine rings is 1. The number of methoxy groups -OCH3 is 1. The minimum absolute atomic E-state index is 0.0521. The van der Waals surface area contributed by atoms with Gasteiger partial charge in [0.15, 0.2) is 11.6 Å². The largest absolute Gasteiger partial charge is 0.494 e. The summed E-state index contributed by atoms with van der Waals surface area (Å²) >= 11 is 0. The fraction of sp³-hybridized carbons (Fsp3) is 0.444. The first kappa shape index (κ1) is 27.7. The maximum absolute atomic E-state index is 14.0. The Bertz CT molecular complexity index is 1420. The van der Waals surface area contributed by atoms with Crippen molar-refractivity contribution in [2.75, 3.05) is 62.2 Å². The van der Waals surface area contributed by atoms with Crippen LogP contribution in [0.5, 0.6) is 5.75 Å². The number of rotatable bonds is 8. The van der Waals surface area contributed by atoms with Gasteiger partial charge in [0.05, 0.1) is 54.2 Å². The highest BCUT2D eigenvalue weighted by molar-refractivity contribution is 5.80. The molecule has 11 nitrogen and oxygen atoms in total. The van der Waals surface area contributed by atoms with Crippen LogP contribution in [-0.4, -0.2) is 77.5 Å². The third-order valence-electron chi connectivity index (χ3n) is 7.40. The Labute approximate surface area is 231 Å². The lowest BCUT2D eigenvalue weighted by atomic mass is 9.96. The van der Waals surface area contributed by atoms with Gasteiger partial charge in [-0.3, -0.25) is 0 Å². The second kappa shape index (κ2) is 10.3. The molecular formula is C27H34F2N8O3. The summed E-state index contributed by atoms with van der Waals surface area (Å²) in [5.74, 6) is -1.40. The SMILES string of the molecule is COc1cc(N2CCOCC23CC3N(C)C)c(N)cc1Nc1ncnc(Nc2cc(F)c(F)cc2C(C)(C)O)n1. The number of aromatic nitrogens is 3. The molecule has 0 bridgehead atoms. The number of nitrogens with zero attached hydrogens (tertiary/aromatic N) is 5. The van der Waals surface area contributed by atoms with Crippen molar-refractivity contribution in [3.05, 3.63) is 47.8 Å². The molecule has 40 heavy (non-hydrogen) atoms. The average Bonchev–Trinajstić information content (AvgIpc) is 3.61. The molecule has 2 fully saturated rings. The van der Waals surface area contributed by atoms with Crippen LogP contribution in [0.2, 0.25) is 0 Å². The summed E-state index contributed by atoms with van der Waals surface area (Å²) in [4.78, 5) is 17.1. The summed E-state index contributed by atoms with van der Waals surface area (Å²) in [6.07, 6.45) is 2.24. The van der Waals surface area contributed by atoms with E-state index in [1.54, 1.807) is 13.2 Å². The predicted molar refractivity (Wildman–Crippen MR) is 148 cm³/mol. The van der Waals surface area contributed by atoms with Crippen LogP contribution in [0.1, 0.15) is 25.8 Å². The lowest BCUT2D eigenvalue weighted by Gasteiger charge is -2.40. The highest BCUT2D eigenvalue weighted by Gasteiger charge is 2.61. The monoisotopic (exact) mass is 556 g/mol. The van der Waals surface area contributed by atoms with Gasteiger partial charge in [-0.2, -0.15) is 4.98 Å². The third kappa shape index (κ3) is 5.19. The number of aliphatic hydroxyl groups is 1. The molecule has 13 heteroatoms. The maximum atomic E-state index is 14.0. The molecule has 2 atom stereocenters. The first-order chi connectivity index (χ1) is 18.9. The van der Waals surface area contributed by atoms with Crippen LogP contribution in [0, 0.1) is 11.6 Å². The number of hydrogen-bond acceptors (Lipinski definition) is 11. The first-order valence-electron chi connectivity index (χ1n) is 12.9. The zero-order valence-electron chi connectivity index (χ0n) is 23.1. The van der Waals surface area contributed by atoms with Crippen molar-refractivity contribution in [2.24, 2.45) is 0 Å². The fourth-order valence-corrected chi connectivity index (χ4v) is 5.35. The van der Waals surface area contributed by atoms with Gasteiger partial charge in [-0.05, 0) is 46.5 Å². The lowest BCUT2D eigenvalue weighted by molar-refractivity contribution is 0.0777. The number of ether oxygens (including phenoxy) is 2. The molecule has 1 aromatic heterocycles. The fourth-order valence-electron chi connectivity index (χ4n) is 5.35. The topological polar surface area (TPSA) is 134 Å². The van der Waals surface area contributed by atoms with Crippen molar-refractivity contribution in [2.45, 2.75) is 37.5 Å². The van der Waals surface area contributed by atoms with Gasteiger partial charge in [-0.1, -0.05) is 0 Å². The Morgan fingerprint density at radius 2 is 1.80 bits per heavy atom. The summed E-state index contributed by atoms with van der Waals surface area (Å²) in [7, 11) is 5.70. The maximum Gasteiger partial charge on any atom is 0.232 e. The van der Waals surface area contributed by atoms with Crippen LogP contribution in [0.3, 0.4) is 0 Å². The second-order valence-corrected chi connectivity index (χ2v) is 10.9. The van der Waals surface area contributed by atoms with Crippen LogP contribution in [0.15, 0.2) is 30.6 Å². The van der Waals surface area contributed by atoms with Crippen molar-refractivity contribution in [3.8, 4) is 5.75 Å². The molecule has 2 aromatic carbocycles. The molecule has 1 aliphatic carbocycles. The van der Waals surface area contributed by atoms with E-state index in [4.69, 9.17) is 15.2 Å². The van der Waals surface area contributed by atoms with Gasteiger partial charge in [0.25, 0.3) is 0 Å². The van der Waals surface area contributed by atoms with Crippen LogP contribution in [-0.2, 0) is 10.3 Å². The van der Waals surface area contributed by atoms with E-state index in [2.05, 4.69) is 49.5 Å². The zero-order chi connectivity index (χ0) is 28.8. The van der Waals surface area contributed by atoms with E-state index in [9.17, 15) is 13.9 Å². The third-order valence-corrected chi connectivity index (χ3v) is 7.40. The summed E-state index contributed by atoms with van der Waals surface area (Å²) in [5, 5.41) is 16.4. The number of nitrogens with one attached hydrogen (secondary N) is 2. The molecule has 1 saturated carbocycles. The van der Waals surface area contributed by atoms with Crippen molar-refractivity contribution >= 4 is 34.6 Å². The molecule has 214 valence electrons. The van der Waals surface area contributed by atoms with Crippen molar-refractivity contribution < 1.29 is 23.4 Å². The van der Waals surface area contributed by atoms with Crippen molar-refractivity contribution in [1.29, 1.82) is 0 Å². The quantitative estimate of drug-likeness (QED) is 0.304. The van der Waals surface area contributed by atoms with E-state index < -0.39 is 17.2 Å². The molecule has 2 unspecified atom stereocenters. The second-order valence-electron chi connectivity index (χ2n) is 10.9. The summed E-state index contributed by atoms with van der Waals surface area (Å²) in [6.45, 7) is 4.88. The van der Waals surface area contributed by atoms with Crippen LogP contribution < -0.4 is 26.0 Å². The van der Waals surface area contributed by atoms with Crippen molar-refractivity contribution in [1.82, 2.24) is 19.9 Å². The molecule has 1 saturated heterocycles. The predicted octanol–water partition coefficient (Wildman–Crippen LogP) is 3.36. The molecule has 2 heterocycles. The molecule has 1 spiro atoms. The number of likely N-dealkylation sites (N-methyl/N-ethyl adjacent to an activating group) is 1. The highest BCUT2D eigenvalue weighted by Crippen LogP contribution is 2.51. The van der Waals surface area contributed by atoms with Gasteiger partial charge in [0, 0.05) is 30.3 Å². The number of benzene rings is 2. The molecule has 3 aromatic rings. The molecular weight excluding hydrogens is 522 g/mol. The van der Waals surface area contributed by atoms with Gasteiger partial charge < -0.3 is 40.7 Å². The minimum Gasteiger partial charge on any atom is -0.494 e. The molecule has 0 radical (unpaired) electrons. The van der Waals surface area contributed by atoms with Gasteiger partial charge in [-0.15, -0.1) is 0 Å². The highest BCUT2D eigenvalue weighted by atomic mass is 19.2. The summed E-state index contributed by atoms with van der Waals surface area (Å²) in [5.41, 5.74) is 7.19. The van der Waals surface area contributed by atoms with E-state index >= 15 is 0 Å². The molecule has 2 aliphatic rings. The van der Waals surface area contributed by atoms with E-state index in [0.29, 0.717) is 42.9 Å². The Morgan fingerprint density at radius 3 is 2.42 bits per heavy atom. The molecule has 5 rings (SSSR count). The van der Waals surface area contributed by atoms with E-state index in [1.165, 1.54) is 20.2 Å². The Kier molecular flexibility index (Phi) is 7.15. The van der Waals surface area contributed by atoms with Gasteiger partial charge in [0.1, 0.15) is 12.1 Å². The molecule has 0 amide bonds. The van der Waals surface area contributed by atoms with Gasteiger partial charge in [-0.25, -0.2) is 18.7 Å². The standard InChI is InChI=1S/C27H34F2N8O3/c1-26(2,38)15-8-16(28)17(29)9-19(15)33-24-31-14-32-25(35-24)34-20-10-18(30)21(11-22(20)39-5)37-6-7-40-13-27(37)12-23(27)36(3)4/h8-11,14,23,38H,6-7,12-13,30H2,1-5H3,(H2,31,32,33,34,35). The number of hydrogen-bond donors (Lipinski definition) is 4. The van der Waals surface area contributed by atoms with Crippen molar-refractivity contribution in [3.63, 3.8) is 0 Å². The Balaban J connectivity index is 1.41. The summed E-state index contributed by atoms with van der Waals surface area (Å²) in [6, 6.07) is 5.91. The van der Waals surface area contributed by atoms with Crippen LogP contribution in [0.4, 0.5) is 43.4 Å². The van der Waals surface area contributed by atoms with Crippen LogP contribution in [0.25, 0.3) is 0 Å². The average molecular weight is 557 g/mol. The molecule has 5 N–H and O–H groups in total. The minimum atomic E-state index is -1.45. The summed E-state index contributed by atoms with van der Waals surface area (Å²) < 4.78 is 39.4. The van der Waals surface area contributed by atoms with Crippen LogP contribution >= 0.6 is 0 Å². The number of halogens is 2. The molecule has 1 aliphatic heterocycles. The normalized spacial score (nSPS) is 20.6. The zero-order valence-corrected chi connectivity index (χ0v) is 23.1. The van der Waals surface area contributed by atoms with Gasteiger partial charge in [0.2, 0.25) is 11.9 Å². The van der Waals surface area contributed by atoms with E-state index in [0.717, 1.165) is 24.2 Å². The van der Waals surface area contributed by atoms with E-state index in [-0.39, 0.29) is 28.7 Å². The number of anilines is 6. The van der Waals surface area contributed by atoms with E-state index in [1.807, 2.05) is 6.07 Å². The first-order valence-corrected chi connectivity index (χ1v) is 12.9. The smallest absolute Gasteiger partial charge is 0.232 e.